The Kier molecular flexibility index (Phi) is 9.97. The zero-order chi connectivity index (χ0) is 19.3. The van der Waals surface area contributed by atoms with Crippen LogP contribution in [0.25, 0.3) is 0 Å². The fourth-order valence-corrected chi connectivity index (χ4v) is 3.05. The topological polar surface area (TPSA) is 67.4 Å². The minimum Gasteiger partial charge on any atom is -0.497 e. The van der Waals surface area contributed by atoms with Gasteiger partial charge in [0.25, 0.3) is 0 Å². The lowest BCUT2D eigenvalue weighted by atomic mass is 10.0. The second-order valence-corrected chi connectivity index (χ2v) is 6.28. The van der Waals surface area contributed by atoms with E-state index in [1.807, 2.05) is 19.1 Å². The van der Waals surface area contributed by atoms with Crippen LogP contribution in [0.2, 0.25) is 0 Å². The van der Waals surface area contributed by atoms with Gasteiger partial charge in [-0.25, -0.2) is 0 Å². The van der Waals surface area contributed by atoms with Crippen molar-refractivity contribution in [2.24, 2.45) is 4.99 Å². The van der Waals surface area contributed by atoms with Crippen molar-refractivity contribution in [1.82, 2.24) is 15.5 Å². The summed E-state index contributed by atoms with van der Waals surface area (Å²) in [5.74, 6) is 1.69. The van der Waals surface area contributed by atoms with Crippen LogP contribution in [-0.4, -0.2) is 77.1 Å². The highest BCUT2D eigenvalue weighted by atomic mass is 16.5. The van der Waals surface area contributed by atoms with Gasteiger partial charge in [-0.2, -0.15) is 0 Å². The SMILES string of the molecule is CCNC(=NCC(c1ccc(OC)cc1)N1CCOCC1)NCCOCC. The molecule has 0 amide bonds. The van der Waals surface area contributed by atoms with Gasteiger partial charge in [0, 0.05) is 32.8 Å². The Morgan fingerprint density at radius 2 is 1.93 bits per heavy atom. The van der Waals surface area contributed by atoms with Crippen molar-refractivity contribution in [2.75, 3.05) is 66.3 Å². The third-order valence-corrected chi connectivity index (χ3v) is 4.50. The number of nitrogens with one attached hydrogen (secondary N) is 2. The molecule has 7 nitrogen and oxygen atoms in total. The molecule has 0 aromatic heterocycles. The van der Waals surface area contributed by atoms with Gasteiger partial charge in [0.1, 0.15) is 5.75 Å². The van der Waals surface area contributed by atoms with E-state index in [4.69, 9.17) is 19.2 Å². The summed E-state index contributed by atoms with van der Waals surface area (Å²) in [5.41, 5.74) is 1.24. The van der Waals surface area contributed by atoms with Crippen LogP contribution in [-0.2, 0) is 9.47 Å². The number of hydrogen-bond acceptors (Lipinski definition) is 5. The van der Waals surface area contributed by atoms with Crippen LogP contribution in [0.1, 0.15) is 25.5 Å². The molecule has 1 atom stereocenters. The van der Waals surface area contributed by atoms with E-state index in [2.05, 4.69) is 34.6 Å². The molecule has 1 aromatic carbocycles. The van der Waals surface area contributed by atoms with E-state index in [-0.39, 0.29) is 6.04 Å². The van der Waals surface area contributed by atoms with Crippen LogP contribution in [0, 0.1) is 0 Å². The third-order valence-electron chi connectivity index (χ3n) is 4.50. The van der Waals surface area contributed by atoms with Crippen LogP contribution in [0.15, 0.2) is 29.3 Å². The van der Waals surface area contributed by atoms with E-state index in [1.165, 1.54) is 5.56 Å². The number of methoxy groups -OCH3 is 1. The maximum absolute atomic E-state index is 5.53. The summed E-state index contributed by atoms with van der Waals surface area (Å²) in [7, 11) is 1.69. The first kappa shape index (κ1) is 21.5. The predicted molar refractivity (Wildman–Crippen MR) is 109 cm³/mol. The summed E-state index contributed by atoms with van der Waals surface area (Å²) in [6, 6.07) is 8.49. The summed E-state index contributed by atoms with van der Waals surface area (Å²) in [6.45, 7) is 11.1. The van der Waals surface area contributed by atoms with Gasteiger partial charge >= 0.3 is 0 Å². The van der Waals surface area contributed by atoms with E-state index in [1.54, 1.807) is 7.11 Å². The van der Waals surface area contributed by atoms with E-state index >= 15 is 0 Å². The van der Waals surface area contributed by atoms with Crippen LogP contribution in [0.5, 0.6) is 5.75 Å². The average molecular weight is 379 g/mol. The lowest BCUT2D eigenvalue weighted by molar-refractivity contribution is 0.0179. The van der Waals surface area contributed by atoms with Gasteiger partial charge in [-0.15, -0.1) is 0 Å². The molecule has 1 fully saturated rings. The number of rotatable bonds is 10. The number of ether oxygens (including phenoxy) is 3. The minimum atomic E-state index is 0.210. The molecule has 1 saturated heterocycles. The first-order valence-corrected chi connectivity index (χ1v) is 9.84. The molecule has 1 aliphatic heterocycles. The maximum atomic E-state index is 5.53. The molecule has 0 bridgehead atoms. The molecule has 2 rings (SSSR count). The van der Waals surface area contributed by atoms with Gasteiger partial charge in [-0.05, 0) is 31.5 Å². The first-order valence-electron chi connectivity index (χ1n) is 9.84. The molecular weight excluding hydrogens is 344 g/mol. The van der Waals surface area contributed by atoms with Crippen LogP contribution >= 0.6 is 0 Å². The van der Waals surface area contributed by atoms with E-state index < -0.39 is 0 Å². The van der Waals surface area contributed by atoms with Crippen molar-refractivity contribution >= 4 is 5.96 Å². The molecule has 7 heteroatoms. The molecule has 0 radical (unpaired) electrons. The van der Waals surface area contributed by atoms with Gasteiger partial charge in [-0.3, -0.25) is 9.89 Å². The smallest absolute Gasteiger partial charge is 0.191 e. The van der Waals surface area contributed by atoms with E-state index in [0.717, 1.165) is 57.7 Å². The summed E-state index contributed by atoms with van der Waals surface area (Å²) in [4.78, 5) is 7.27. The van der Waals surface area contributed by atoms with Crippen LogP contribution < -0.4 is 15.4 Å². The standard InChI is InChI=1S/C20H34N4O3/c1-4-21-20(22-10-13-26-5-2)23-16-19(24-11-14-27-15-12-24)17-6-8-18(25-3)9-7-17/h6-9,19H,4-5,10-16H2,1-3H3,(H2,21,22,23). The summed E-state index contributed by atoms with van der Waals surface area (Å²) < 4.78 is 16.2. The van der Waals surface area contributed by atoms with Crippen molar-refractivity contribution in [1.29, 1.82) is 0 Å². The molecule has 0 aliphatic carbocycles. The Balaban J connectivity index is 2.08. The van der Waals surface area contributed by atoms with E-state index in [0.29, 0.717) is 13.2 Å². The van der Waals surface area contributed by atoms with Crippen LogP contribution in [0.3, 0.4) is 0 Å². The van der Waals surface area contributed by atoms with Crippen molar-refractivity contribution in [3.8, 4) is 5.75 Å². The van der Waals surface area contributed by atoms with Crippen LogP contribution in [0.4, 0.5) is 0 Å². The first-order chi connectivity index (χ1) is 13.3. The Bertz CT molecular complexity index is 545. The molecular formula is C20H34N4O3. The fourth-order valence-electron chi connectivity index (χ4n) is 3.05. The Hall–Kier alpha value is -1.83. The monoisotopic (exact) mass is 378 g/mol. The Morgan fingerprint density at radius 3 is 2.56 bits per heavy atom. The quantitative estimate of drug-likeness (QED) is 0.367. The zero-order valence-corrected chi connectivity index (χ0v) is 16.9. The average Bonchev–Trinajstić information content (AvgIpc) is 2.72. The normalized spacial score (nSPS) is 16.8. The molecule has 2 N–H and O–H groups in total. The highest BCUT2D eigenvalue weighted by molar-refractivity contribution is 5.79. The fraction of sp³-hybridized carbons (Fsp3) is 0.650. The minimum absolute atomic E-state index is 0.210. The lowest BCUT2D eigenvalue weighted by Crippen LogP contribution is -2.42. The molecule has 1 aromatic rings. The molecule has 0 saturated carbocycles. The van der Waals surface area contributed by atoms with Crippen molar-refractivity contribution in [3.63, 3.8) is 0 Å². The lowest BCUT2D eigenvalue weighted by Gasteiger charge is -2.34. The Morgan fingerprint density at radius 1 is 1.19 bits per heavy atom. The number of hydrogen-bond donors (Lipinski definition) is 2. The number of guanidine groups is 1. The van der Waals surface area contributed by atoms with Gasteiger partial charge in [0.05, 0.1) is 39.5 Å². The zero-order valence-electron chi connectivity index (χ0n) is 16.9. The van der Waals surface area contributed by atoms with Gasteiger partial charge < -0.3 is 24.8 Å². The summed E-state index contributed by atoms with van der Waals surface area (Å²) in [5, 5.41) is 6.64. The summed E-state index contributed by atoms with van der Waals surface area (Å²) in [6.07, 6.45) is 0. The second kappa shape index (κ2) is 12.5. The van der Waals surface area contributed by atoms with Crippen molar-refractivity contribution in [3.05, 3.63) is 29.8 Å². The number of morpholine rings is 1. The largest absolute Gasteiger partial charge is 0.497 e. The van der Waals surface area contributed by atoms with Gasteiger partial charge in [-0.1, -0.05) is 12.1 Å². The highest BCUT2D eigenvalue weighted by Gasteiger charge is 2.22. The highest BCUT2D eigenvalue weighted by Crippen LogP contribution is 2.24. The predicted octanol–water partition coefficient (Wildman–Crippen LogP) is 1.66. The molecule has 0 spiro atoms. The molecule has 152 valence electrons. The molecule has 1 aliphatic rings. The number of benzene rings is 1. The molecule has 27 heavy (non-hydrogen) atoms. The number of aliphatic imine (C=N–C) groups is 1. The van der Waals surface area contributed by atoms with E-state index in [9.17, 15) is 0 Å². The molecule has 1 heterocycles. The van der Waals surface area contributed by atoms with Gasteiger partial charge in [0.15, 0.2) is 5.96 Å². The van der Waals surface area contributed by atoms with Crippen molar-refractivity contribution in [2.45, 2.75) is 19.9 Å². The second-order valence-electron chi connectivity index (χ2n) is 6.28. The third kappa shape index (κ3) is 7.36. The molecule has 1 unspecified atom stereocenters. The maximum Gasteiger partial charge on any atom is 0.191 e. The summed E-state index contributed by atoms with van der Waals surface area (Å²) >= 11 is 0. The van der Waals surface area contributed by atoms with Crippen molar-refractivity contribution < 1.29 is 14.2 Å². The number of nitrogens with zero attached hydrogens (tertiary/aromatic N) is 2. The Labute approximate surface area is 163 Å². The van der Waals surface area contributed by atoms with Gasteiger partial charge in [0.2, 0.25) is 0 Å².